The predicted octanol–water partition coefficient (Wildman–Crippen LogP) is 7.50. The van der Waals surface area contributed by atoms with Crippen molar-refractivity contribution in [1.29, 1.82) is 0 Å². The maximum atomic E-state index is 12.4. The van der Waals surface area contributed by atoms with Crippen LogP contribution >= 0.6 is 0 Å². The molecular formula is C45H82N4O10. The predicted molar refractivity (Wildman–Crippen MR) is 231 cm³/mol. The van der Waals surface area contributed by atoms with Gasteiger partial charge in [0.1, 0.15) is 19.0 Å². The van der Waals surface area contributed by atoms with Crippen LogP contribution in [-0.4, -0.2) is 110 Å². The number of aromatic amines is 1. The summed E-state index contributed by atoms with van der Waals surface area (Å²) in [5, 5.41) is 12.2. The Kier molecular flexibility index (Phi) is 35.8. The molecule has 0 spiro atoms. The molecule has 1 amide bonds. The third-order valence-corrected chi connectivity index (χ3v) is 10.3. The number of rotatable bonds is 45. The molecule has 1 aromatic heterocycles. The fourth-order valence-electron chi connectivity index (χ4n) is 6.71. The lowest BCUT2D eigenvalue weighted by atomic mass is 9.92. The Balaban J connectivity index is 0.0000348. The molecule has 2 atom stereocenters. The van der Waals surface area contributed by atoms with Gasteiger partial charge in [-0.25, -0.2) is 4.98 Å². The zero-order valence-electron chi connectivity index (χ0n) is 36.5. The van der Waals surface area contributed by atoms with Gasteiger partial charge < -0.3 is 40.1 Å². The topological polar surface area (TPSA) is 209 Å². The second-order valence-corrected chi connectivity index (χ2v) is 15.8. The highest BCUT2D eigenvalue weighted by Gasteiger charge is 2.24. The number of nitrogens with one attached hydrogen (secondary N) is 2. The maximum absolute atomic E-state index is 12.4. The van der Waals surface area contributed by atoms with Gasteiger partial charge in [-0.3, -0.25) is 24.0 Å². The minimum atomic E-state index is -1.02. The number of carbonyl (C=O) groups excluding carboxylic acids is 4. The molecule has 0 aliphatic rings. The van der Waals surface area contributed by atoms with Crippen molar-refractivity contribution in [3.63, 3.8) is 0 Å². The van der Waals surface area contributed by atoms with Gasteiger partial charge >= 0.3 is 5.97 Å². The summed E-state index contributed by atoms with van der Waals surface area (Å²) in [5.74, 6) is -2.12. The largest absolute Gasteiger partial charge is 0.481 e. The fourth-order valence-corrected chi connectivity index (χ4v) is 6.71. The van der Waals surface area contributed by atoms with Crippen molar-refractivity contribution in [2.75, 3.05) is 59.4 Å². The van der Waals surface area contributed by atoms with E-state index in [1.54, 1.807) is 6.20 Å². The summed E-state index contributed by atoms with van der Waals surface area (Å²) in [6, 6.07) is -0.789. The molecule has 0 saturated heterocycles. The number of carboxylic acids is 1. The first-order chi connectivity index (χ1) is 28.7. The number of Topliss-reactive ketones (excluding diaryl/α,β-unsaturated/α-hetero) is 3. The highest BCUT2D eigenvalue weighted by molar-refractivity contribution is 5.87. The molecule has 5 N–H and O–H groups in total. The van der Waals surface area contributed by atoms with Gasteiger partial charge in [-0.2, -0.15) is 0 Å². The number of H-pyrrole nitrogens is 1. The summed E-state index contributed by atoms with van der Waals surface area (Å²) in [6.07, 6.45) is 27.5. The van der Waals surface area contributed by atoms with Crippen LogP contribution < -0.4 is 11.1 Å². The van der Waals surface area contributed by atoms with E-state index in [0.29, 0.717) is 90.1 Å². The number of unbranched alkanes of at least 4 members (excludes halogenated alkanes) is 16. The Bertz CT molecular complexity index is 1210. The monoisotopic (exact) mass is 839 g/mol. The molecule has 342 valence electrons. The minimum Gasteiger partial charge on any atom is -0.481 e. The number of nitrogens with zero attached hydrogens (tertiary/aromatic N) is 1. The molecule has 1 aromatic rings. The van der Waals surface area contributed by atoms with Crippen LogP contribution in [0.4, 0.5) is 0 Å². The summed E-state index contributed by atoms with van der Waals surface area (Å²) in [4.78, 5) is 67.0. The molecule has 0 bridgehead atoms. The zero-order valence-corrected chi connectivity index (χ0v) is 36.5. The highest BCUT2D eigenvalue weighted by Crippen LogP contribution is 2.18. The molecule has 14 nitrogen and oxygen atoms in total. The summed E-state index contributed by atoms with van der Waals surface area (Å²) in [6.45, 7) is 4.47. The Morgan fingerprint density at radius 3 is 1.80 bits per heavy atom. The summed E-state index contributed by atoms with van der Waals surface area (Å²) in [5.41, 5.74) is 6.67. The van der Waals surface area contributed by atoms with Crippen LogP contribution in [0.15, 0.2) is 12.5 Å². The van der Waals surface area contributed by atoms with Crippen molar-refractivity contribution >= 4 is 29.2 Å². The van der Waals surface area contributed by atoms with Gasteiger partial charge in [-0.1, -0.05) is 110 Å². The Labute approximate surface area is 356 Å². The summed E-state index contributed by atoms with van der Waals surface area (Å²) in [7, 11) is 0. The van der Waals surface area contributed by atoms with Crippen LogP contribution in [0, 0.1) is 5.92 Å². The minimum absolute atomic E-state index is 0. The number of ketones is 3. The van der Waals surface area contributed by atoms with E-state index in [1.165, 1.54) is 89.8 Å². The van der Waals surface area contributed by atoms with Crippen molar-refractivity contribution in [1.82, 2.24) is 15.3 Å². The van der Waals surface area contributed by atoms with Crippen LogP contribution in [0.5, 0.6) is 0 Å². The number of ether oxygens (including phenoxy) is 4. The number of imidazole rings is 1. The van der Waals surface area contributed by atoms with Crippen LogP contribution in [0.25, 0.3) is 0 Å². The van der Waals surface area contributed by atoms with Gasteiger partial charge in [0.15, 0.2) is 11.6 Å². The van der Waals surface area contributed by atoms with E-state index >= 15 is 0 Å². The van der Waals surface area contributed by atoms with Crippen molar-refractivity contribution < 1.29 is 49.5 Å². The quantitative estimate of drug-likeness (QED) is 0.0471. The number of aliphatic carboxylic acids is 1. The summed E-state index contributed by atoms with van der Waals surface area (Å²) < 4.78 is 21.7. The molecule has 1 rings (SSSR count). The molecule has 0 unspecified atom stereocenters. The zero-order chi connectivity index (χ0) is 43.0. The third kappa shape index (κ3) is 34.4. The fraction of sp³-hybridized carbons (Fsp3) is 0.822. The average Bonchev–Trinajstić information content (AvgIpc) is 3.73. The number of hydrogen-bond acceptors (Lipinski definition) is 11. The van der Waals surface area contributed by atoms with E-state index in [0.717, 1.165) is 18.5 Å². The molecule has 0 aromatic carbocycles. The van der Waals surface area contributed by atoms with Crippen LogP contribution in [0.1, 0.15) is 168 Å². The van der Waals surface area contributed by atoms with E-state index in [-0.39, 0.29) is 58.2 Å². The number of hydrogen-bond donors (Lipinski definition) is 4. The lowest BCUT2D eigenvalue weighted by molar-refractivity contribution is -0.144. The smallest absolute Gasteiger partial charge is 0.306 e. The maximum Gasteiger partial charge on any atom is 0.306 e. The van der Waals surface area contributed by atoms with E-state index in [9.17, 15) is 29.1 Å². The standard InChI is InChI=1S/C45H80N4O10.H2/c1-2-3-4-5-6-7-8-9-10-11-12-13-14-15-18-22-40(50)24-20-26-56-28-31-59-36-44(53)48-25-27-57-29-30-58-35-41(51)23-19-16-17-21-38(45(54)55)32-43(52)42(46)33-39-34-47-37-49-39;/h34,37-38,42H,2-33,35-36,46H2,1H3,(H,47,49)(H,48,53)(H,54,55);1H/t38-,42+;/m1./s1. The number of amides is 1. The van der Waals surface area contributed by atoms with Crippen LogP contribution in [0.2, 0.25) is 0 Å². The molecule has 59 heavy (non-hydrogen) atoms. The van der Waals surface area contributed by atoms with Gasteiger partial charge in [0.05, 0.1) is 51.3 Å². The third-order valence-electron chi connectivity index (χ3n) is 10.3. The van der Waals surface area contributed by atoms with E-state index < -0.39 is 17.9 Å². The van der Waals surface area contributed by atoms with Gasteiger partial charge in [0.2, 0.25) is 5.91 Å². The van der Waals surface area contributed by atoms with Gasteiger partial charge in [-0.15, -0.1) is 0 Å². The van der Waals surface area contributed by atoms with Gasteiger partial charge in [0, 0.05) is 58.6 Å². The van der Waals surface area contributed by atoms with Crippen LogP contribution in [-0.2, 0) is 49.3 Å². The molecule has 0 saturated carbocycles. The Hall–Kier alpha value is -3.04. The van der Waals surface area contributed by atoms with E-state index in [2.05, 4.69) is 22.2 Å². The lowest BCUT2D eigenvalue weighted by Crippen LogP contribution is -2.35. The SMILES string of the molecule is CCCCCCCCCCCCCCCCCC(=O)CCCOCCOCC(=O)NCCOCCOCC(=O)CCCCC[C@H](CC(=O)[C@@H](N)Cc1cnc[nH]1)C(=O)O.[HH]. The summed E-state index contributed by atoms with van der Waals surface area (Å²) >= 11 is 0. The average molecular weight is 839 g/mol. The Morgan fingerprint density at radius 1 is 0.678 bits per heavy atom. The van der Waals surface area contributed by atoms with Gasteiger partial charge in [0.25, 0.3) is 0 Å². The van der Waals surface area contributed by atoms with Crippen molar-refractivity contribution in [3.8, 4) is 0 Å². The van der Waals surface area contributed by atoms with Crippen LogP contribution in [0.3, 0.4) is 0 Å². The lowest BCUT2D eigenvalue weighted by Gasteiger charge is -2.15. The van der Waals surface area contributed by atoms with Crippen molar-refractivity contribution in [2.45, 2.75) is 173 Å². The molecule has 1 heterocycles. The first-order valence-electron chi connectivity index (χ1n) is 22.8. The second kappa shape index (κ2) is 39.1. The number of nitrogens with two attached hydrogens (primary N) is 1. The second-order valence-electron chi connectivity index (χ2n) is 15.8. The first-order valence-corrected chi connectivity index (χ1v) is 22.8. The number of carbonyl (C=O) groups is 5. The number of aromatic nitrogens is 2. The number of carboxylic acid groups (broad SMARTS) is 1. The van der Waals surface area contributed by atoms with E-state index in [1.807, 2.05) is 0 Å². The normalized spacial score (nSPS) is 12.4. The van der Waals surface area contributed by atoms with Crippen molar-refractivity contribution in [3.05, 3.63) is 18.2 Å². The first kappa shape index (κ1) is 54.0. The van der Waals surface area contributed by atoms with E-state index in [4.69, 9.17) is 24.7 Å². The molecule has 0 fully saturated rings. The molecule has 0 radical (unpaired) electrons. The Morgan fingerprint density at radius 2 is 1.20 bits per heavy atom. The molecular weight excluding hydrogens is 757 g/mol. The van der Waals surface area contributed by atoms with Gasteiger partial charge in [-0.05, 0) is 25.7 Å². The molecule has 0 aliphatic heterocycles. The van der Waals surface area contributed by atoms with Crippen molar-refractivity contribution in [2.24, 2.45) is 11.7 Å². The molecule has 14 heteroatoms. The molecule has 0 aliphatic carbocycles. The highest BCUT2D eigenvalue weighted by atomic mass is 16.5.